The summed E-state index contributed by atoms with van der Waals surface area (Å²) >= 11 is 0. The van der Waals surface area contributed by atoms with E-state index in [1.165, 1.54) is 11.6 Å². The number of hydrogen-bond donors (Lipinski definition) is 0. The molecule has 0 fully saturated rings. The van der Waals surface area contributed by atoms with Crippen molar-refractivity contribution in [3.63, 3.8) is 0 Å². The fourth-order valence-corrected chi connectivity index (χ4v) is 3.58. The summed E-state index contributed by atoms with van der Waals surface area (Å²) in [6.45, 7) is 0. The van der Waals surface area contributed by atoms with Gasteiger partial charge < -0.3 is 0 Å². The highest BCUT2D eigenvalue weighted by Crippen LogP contribution is 2.47. The van der Waals surface area contributed by atoms with Gasteiger partial charge in [-0.05, 0) is 0 Å². The molecule has 0 amide bonds. The van der Waals surface area contributed by atoms with Crippen molar-refractivity contribution in [1.29, 1.82) is 0 Å². The zero-order chi connectivity index (χ0) is 13.9. The third kappa shape index (κ3) is 1.27. The first-order chi connectivity index (χ1) is 9.70. The van der Waals surface area contributed by atoms with Gasteiger partial charge in [0, 0.05) is 18.9 Å². The number of hydrogen-bond acceptors (Lipinski definition) is 2. The molecule has 2 atom stereocenters. The molecule has 20 heavy (non-hydrogen) atoms. The number of nitrogens with zero attached hydrogens (tertiary/aromatic N) is 3. The van der Waals surface area contributed by atoms with Crippen LogP contribution in [0.1, 0.15) is 12.1 Å². The fourth-order valence-electron chi connectivity index (χ4n) is 3.58. The van der Waals surface area contributed by atoms with E-state index in [1.807, 2.05) is 24.3 Å². The van der Waals surface area contributed by atoms with E-state index in [9.17, 15) is 9.59 Å². The molecule has 0 saturated heterocycles. The molecule has 1 aromatic heterocycles. The van der Waals surface area contributed by atoms with Crippen LogP contribution in [0.15, 0.2) is 58.2 Å². The van der Waals surface area contributed by atoms with Gasteiger partial charge in [0.25, 0.3) is 0 Å². The minimum absolute atomic E-state index is 0.0289. The summed E-state index contributed by atoms with van der Waals surface area (Å²) in [5.41, 5.74) is -0.451. The molecule has 1 aliphatic heterocycles. The molecule has 0 spiro atoms. The van der Waals surface area contributed by atoms with Crippen LogP contribution in [0.2, 0.25) is 0 Å². The van der Waals surface area contributed by atoms with Crippen LogP contribution < -0.4 is 11.4 Å². The Morgan fingerprint density at radius 2 is 1.30 bits per heavy atom. The molecule has 3 aliphatic rings. The van der Waals surface area contributed by atoms with E-state index in [-0.39, 0.29) is 35.3 Å². The number of fused-ring (bicyclic) bond motifs is 5. The lowest BCUT2D eigenvalue weighted by Crippen LogP contribution is -2.30. The first-order valence-electron chi connectivity index (χ1n) is 6.80. The largest absolute Gasteiger partial charge is 0.347 e. The van der Waals surface area contributed by atoms with Crippen molar-refractivity contribution >= 4 is 0 Å². The molecule has 2 aliphatic carbocycles. The molecule has 5 nitrogen and oxygen atoms in total. The average Bonchev–Trinajstić information content (AvgIpc) is 2.97. The van der Waals surface area contributed by atoms with Crippen molar-refractivity contribution in [2.75, 3.05) is 0 Å². The second-order valence-electron chi connectivity index (χ2n) is 5.49. The Morgan fingerprint density at radius 1 is 0.800 bits per heavy atom. The molecule has 0 radical (unpaired) electrons. The number of rotatable bonds is 1. The fraction of sp³-hybridized carbons (Fsp3) is 0.333. The lowest BCUT2D eigenvalue weighted by atomic mass is 9.85. The molecule has 2 unspecified atom stereocenters. The summed E-state index contributed by atoms with van der Waals surface area (Å²) in [5, 5.41) is 0. The molecule has 5 heteroatoms. The maximum atomic E-state index is 12.2. The Balaban J connectivity index is 1.84. The molecule has 4 rings (SSSR count). The van der Waals surface area contributed by atoms with E-state index in [0.29, 0.717) is 0 Å². The molecule has 1 aromatic rings. The van der Waals surface area contributed by atoms with E-state index in [2.05, 4.69) is 24.3 Å². The van der Waals surface area contributed by atoms with Crippen LogP contribution in [-0.4, -0.2) is 13.9 Å². The molecular weight excluding hydrogens is 254 g/mol. The second-order valence-corrected chi connectivity index (χ2v) is 5.49. The zero-order valence-electron chi connectivity index (χ0n) is 11.1. The van der Waals surface area contributed by atoms with Crippen molar-refractivity contribution < 1.29 is 0 Å². The van der Waals surface area contributed by atoms with E-state index in [4.69, 9.17) is 0 Å². The predicted molar refractivity (Wildman–Crippen MR) is 75.5 cm³/mol. The van der Waals surface area contributed by atoms with Gasteiger partial charge in [0.2, 0.25) is 0 Å². The van der Waals surface area contributed by atoms with E-state index < -0.39 is 0 Å². The number of allylic oxidation sites excluding steroid dienone is 8. The summed E-state index contributed by atoms with van der Waals surface area (Å²) in [4.78, 5) is 24.4. The summed E-state index contributed by atoms with van der Waals surface area (Å²) in [6.07, 6.45) is 16.4. The lowest BCUT2D eigenvalue weighted by molar-refractivity contribution is 0.376. The minimum atomic E-state index is -0.225. The second kappa shape index (κ2) is 3.85. The first kappa shape index (κ1) is 11.5. The number of aromatic nitrogens is 3. The average molecular weight is 269 g/mol. The predicted octanol–water partition coefficient (Wildman–Crippen LogP) is 0.929. The van der Waals surface area contributed by atoms with Gasteiger partial charge in [0.05, 0.1) is 12.1 Å². The molecular formula is C15H15N3O2. The zero-order valence-corrected chi connectivity index (χ0v) is 11.1. The third-order valence-electron chi connectivity index (χ3n) is 4.50. The Bertz CT molecular complexity index is 739. The van der Waals surface area contributed by atoms with Gasteiger partial charge in [-0.2, -0.15) is 0 Å². The van der Waals surface area contributed by atoms with Crippen molar-refractivity contribution in [3.05, 3.63) is 69.6 Å². The van der Waals surface area contributed by atoms with Crippen LogP contribution in [0.3, 0.4) is 0 Å². The van der Waals surface area contributed by atoms with Crippen LogP contribution in [0.25, 0.3) is 0 Å². The molecule has 0 saturated carbocycles. The van der Waals surface area contributed by atoms with E-state index in [1.54, 1.807) is 9.36 Å². The molecule has 2 bridgehead atoms. The van der Waals surface area contributed by atoms with Crippen LogP contribution in [0, 0.1) is 11.8 Å². The standard InChI is InChI=1S/C15H15N3O2/c1-16-14(19)17-11-8-9-12(18(17)15(16)20)13(11)10-6-4-2-3-5-7-10/h2-13H,1H3. The Morgan fingerprint density at radius 3 is 1.80 bits per heavy atom. The summed E-state index contributed by atoms with van der Waals surface area (Å²) in [7, 11) is 1.53. The first-order valence-corrected chi connectivity index (χ1v) is 6.80. The SMILES string of the molecule is Cn1c(=O)n2n(c1=O)C1C=CC2C1C1C=CC=CC=C1. The Hall–Kier alpha value is -2.30. The third-order valence-corrected chi connectivity index (χ3v) is 4.50. The molecule has 2 heterocycles. The van der Waals surface area contributed by atoms with Crippen molar-refractivity contribution in [2.45, 2.75) is 12.1 Å². The Kier molecular flexibility index (Phi) is 2.22. The normalized spacial score (nSPS) is 30.1. The molecule has 102 valence electrons. The van der Waals surface area contributed by atoms with Crippen molar-refractivity contribution in [1.82, 2.24) is 13.9 Å². The quantitative estimate of drug-likeness (QED) is 0.712. The smallest absolute Gasteiger partial charge is 0.246 e. The van der Waals surface area contributed by atoms with Gasteiger partial charge in [-0.3, -0.25) is 0 Å². The van der Waals surface area contributed by atoms with Crippen molar-refractivity contribution in [3.8, 4) is 0 Å². The lowest BCUT2D eigenvalue weighted by Gasteiger charge is -2.20. The summed E-state index contributed by atoms with van der Waals surface area (Å²) in [6, 6.07) is -0.0578. The van der Waals surface area contributed by atoms with Crippen LogP contribution in [-0.2, 0) is 7.05 Å². The summed E-state index contributed by atoms with van der Waals surface area (Å²) < 4.78 is 4.40. The highest BCUT2D eigenvalue weighted by Gasteiger charge is 2.47. The van der Waals surface area contributed by atoms with Crippen molar-refractivity contribution in [2.24, 2.45) is 18.9 Å². The maximum Gasteiger partial charge on any atom is 0.347 e. The van der Waals surface area contributed by atoms with Gasteiger partial charge in [0.1, 0.15) is 0 Å². The Labute approximate surface area is 115 Å². The van der Waals surface area contributed by atoms with Crippen LogP contribution in [0.4, 0.5) is 0 Å². The topological polar surface area (TPSA) is 48.9 Å². The highest BCUT2D eigenvalue weighted by atomic mass is 16.2. The van der Waals surface area contributed by atoms with E-state index in [0.717, 1.165) is 0 Å². The molecule has 0 N–H and O–H groups in total. The van der Waals surface area contributed by atoms with Crippen LogP contribution >= 0.6 is 0 Å². The van der Waals surface area contributed by atoms with E-state index >= 15 is 0 Å². The maximum absolute atomic E-state index is 12.2. The van der Waals surface area contributed by atoms with Gasteiger partial charge in [-0.15, -0.1) is 0 Å². The van der Waals surface area contributed by atoms with Crippen LogP contribution in [0.5, 0.6) is 0 Å². The molecule has 0 aromatic carbocycles. The van der Waals surface area contributed by atoms with Gasteiger partial charge in [-0.25, -0.2) is 23.5 Å². The summed E-state index contributed by atoms with van der Waals surface area (Å²) in [5.74, 6) is 0.440. The van der Waals surface area contributed by atoms with Gasteiger partial charge >= 0.3 is 11.4 Å². The van der Waals surface area contributed by atoms with Gasteiger partial charge in [-0.1, -0.05) is 48.6 Å². The van der Waals surface area contributed by atoms with Gasteiger partial charge in [0.15, 0.2) is 0 Å². The minimum Gasteiger partial charge on any atom is -0.246 e. The monoisotopic (exact) mass is 269 g/mol. The highest BCUT2D eigenvalue weighted by molar-refractivity contribution is 5.26.